The third kappa shape index (κ3) is 7.21. The van der Waals surface area contributed by atoms with Gasteiger partial charge in [0.05, 0.1) is 35.1 Å². The maximum atomic E-state index is 14.2. The van der Waals surface area contributed by atoms with Gasteiger partial charge in [-0.1, -0.05) is 59.3 Å². The summed E-state index contributed by atoms with van der Waals surface area (Å²) < 4.78 is 19.8. The molecule has 8 nitrogen and oxygen atoms in total. The van der Waals surface area contributed by atoms with E-state index in [9.17, 15) is 9.59 Å². The largest absolute Gasteiger partial charge is 0.490 e. The van der Waals surface area contributed by atoms with Crippen LogP contribution < -0.4 is 29.3 Å². The number of benzene rings is 3. The van der Waals surface area contributed by atoms with Crippen LogP contribution >= 0.6 is 22.9 Å². The first-order valence-corrected chi connectivity index (χ1v) is 16.6. The van der Waals surface area contributed by atoms with Crippen LogP contribution in [0.5, 0.6) is 11.5 Å². The van der Waals surface area contributed by atoms with E-state index in [0.717, 1.165) is 27.9 Å². The van der Waals surface area contributed by atoms with Crippen molar-refractivity contribution in [2.24, 2.45) is 4.99 Å². The first kappa shape index (κ1) is 33.8. The van der Waals surface area contributed by atoms with Gasteiger partial charge in [-0.3, -0.25) is 9.36 Å². The molecule has 0 saturated heterocycles. The number of esters is 1. The summed E-state index contributed by atoms with van der Waals surface area (Å²) in [5, 5.41) is 0.621. The molecule has 0 spiro atoms. The van der Waals surface area contributed by atoms with Crippen LogP contribution in [0.15, 0.2) is 94.4 Å². The highest BCUT2D eigenvalue weighted by Crippen LogP contribution is 2.36. The Morgan fingerprint density at radius 3 is 2.47 bits per heavy atom. The van der Waals surface area contributed by atoms with Gasteiger partial charge < -0.3 is 19.1 Å². The van der Waals surface area contributed by atoms with Crippen LogP contribution in [0.1, 0.15) is 49.1 Å². The summed E-state index contributed by atoms with van der Waals surface area (Å²) >= 11 is 7.66. The van der Waals surface area contributed by atoms with Crippen LogP contribution in [-0.4, -0.2) is 37.8 Å². The summed E-state index contributed by atoms with van der Waals surface area (Å²) in [6.45, 7) is 10.3. The zero-order valence-electron chi connectivity index (χ0n) is 27.2. The Hall–Kier alpha value is -4.60. The monoisotopic (exact) mass is 671 g/mol. The smallest absolute Gasteiger partial charge is 0.338 e. The van der Waals surface area contributed by atoms with Crippen LogP contribution in [0.2, 0.25) is 5.02 Å². The van der Waals surface area contributed by atoms with Gasteiger partial charge in [-0.2, -0.15) is 0 Å². The fourth-order valence-electron chi connectivity index (χ4n) is 5.48. The number of hydrogen-bond donors (Lipinski definition) is 0. The van der Waals surface area contributed by atoms with E-state index < -0.39 is 12.0 Å². The second kappa shape index (κ2) is 14.9. The number of halogens is 1. The summed E-state index contributed by atoms with van der Waals surface area (Å²) in [5.74, 6) is 0.658. The van der Waals surface area contributed by atoms with Crippen LogP contribution in [0.25, 0.3) is 6.08 Å². The first-order chi connectivity index (χ1) is 22.7. The highest BCUT2D eigenvalue weighted by Gasteiger charge is 2.33. The van der Waals surface area contributed by atoms with Gasteiger partial charge in [-0.25, -0.2) is 9.79 Å². The van der Waals surface area contributed by atoms with Crippen LogP contribution in [-0.2, 0) is 22.6 Å². The average Bonchev–Trinajstić information content (AvgIpc) is 3.34. The molecular formula is C37H38ClN3O5S. The highest BCUT2D eigenvalue weighted by molar-refractivity contribution is 7.07. The van der Waals surface area contributed by atoms with E-state index in [-0.39, 0.29) is 18.8 Å². The standard InChI is InChI=1S/C37H38ClN3O5S/c1-7-12-26-19-24(20-30(44-8-2)34(26)46-22-27-13-10-11-14-29(27)38)21-31-35(42)41-33(25-15-17-28(18-16-25)40(5)6)32(36(43)45-9-3)23(4)39-37(41)47-31/h7,10-11,13-21,33H,1,8-9,12,22H2,2-6H3/b31-21+/t33-/m1/s1. The summed E-state index contributed by atoms with van der Waals surface area (Å²) in [6, 6.07) is 18.5. The van der Waals surface area contributed by atoms with Crippen LogP contribution in [0, 0.1) is 0 Å². The summed E-state index contributed by atoms with van der Waals surface area (Å²) in [4.78, 5) is 34.7. The fraction of sp³-hybridized carbons (Fsp3) is 0.270. The molecule has 0 unspecified atom stereocenters. The fourth-order valence-corrected chi connectivity index (χ4v) is 6.72. The van der Waals surface area contributed by atoms with Crippen molar-refractivity contribution in [3.05, 3.63) is 132 Å². The Kier molecular flexibility index (Phi) is 10.7. The van der Waals surface area contributed by atoms with Gasteiger partial charge >= 0.3 is 5.97 Å². The second-order valence-corrected chi connectivity index (χ2v) is 12.5. The molecular weight excluding hydrogens is 634 g/mol. The lowest BCUT2D eigenvalue weighted by molar-refractivity contribution is -0.139. The minimum Gasteiger partial charge on any atom is -0.490 e. The summed E-state index contributed by atoms with van der Waals surface area (Å²) in [7, 11) is 3.92. The third-order valence-electron chi connectivity index (χ3n) is 7.69. The van der Waals surface area contributed by atoms with E-state index in [4.69, 9.17) is 30.8 Å². The number of fused-ring (bicyclic) bond motifs is 1. The number of carbonyl (C=O) groups excluding carboxylic acids is 1. The van der Waals surface area contributed by atoms with Crippen molar-refractivity contribution >= 4 is 40.7 Å². The minimum atomic E-state index is -0.695. The molecule has 0 fully saturated rings. The van der Waals surface area contributed by atoms with Crippen molar-refractivity contribution < 1.29 is 19.0 Å². The summed E-state index contributed by atoms with van der Waals surface area (Å²) in [6.07, 6.45) is 4.14. The van der Waals surface area contributed by atoms with Gasteiger partial charge in [0.1, 0.15) is 6.61 Å². The molecule has 4 aromatic rings. The van der Waals surface area contributed by atoms with E-state index in [1.807, 2.05) is 92.7 Å². The molecule has 2 heterocycles. The van der Waals surface area contributed by atoms with E-state index in [1.165, 1.54) is 11.3 Å². The van der Waals surface area contributed by atoms with Gasteiger partial charge in [-0.15, -0.1) is 6.58 Å². The Morgan fingerprint density at radius 2 is 1.81 bits per heavy atom. The van der Waals surface area contributed by atoms with Crippen molar-refractivity contribution in [2.75, 3.05) is 32.2 Å². The van der Waals surface area contributed by atoms with Gasteiger partial charge in [-0.05, 0) is 74.7 Å². The number of hydrogen-bond acceptors (Lipinski definition) is 8. The lowest BCUT2D eigenvalue weighted by Gasteiger charge is -2.25. The zero-order valence-corrected chi connectivity index (χ0v) is 28.8. The molecule has 1 aromatic heterocycles. The first-order valence-electron chi connectivity index (χ1n) is 15.4. The Labute approximate surface area is 283 Å². The number of allylic oxidation sites excluding steroid dienone is 2. The van der Waals surface area contributed by atoms with Crippen molar-refractivity contribution in [1.82, 2.24) is 4.57 Å². The third-order valence-corrected chi connectivity index (χ3v) is 9.04. The number of carbonyl (C=O) groups is 1. The molecule has 244 valence electrons. The maximum Gasteiger partial charge on any atom is 0.338 e. The van der Waals surface area contributed by atoms with Gasteiger partial charge in [0.15, 0.2) is 16.3 Å². The van der Waals surface area contributed by atoms with E-state index in [2.05, 4.69) is 6.58 Å². The van der Waals surface area contributed by atoms with Crippen LogP contribution in [0.3, 0.4) is 0 Å². The molecule has 1 aliphatic rings. The Bertz CT molecular complexity index is 2010. The predicted molar refractivity (Wildman–Crippen MR) is 188 cm³/mol. The molecule has 0 radical (unpaired) electrons. The summed E-state index contributed by atoms with van der Waals surface area (Å²) in [5.41, 5.74) is 4.86. The molecule has 3 aromatic carbocycles. The molecule has 10 heteroatoms. The van der Waals surface area contributed by atoms with Gasteiger partial charge in [0.2, 0.25) is 0 Å². The van der Waals surface area contributed by atoms with Gasteiger partial charge in [0, 0.05) is 35.9 Å². The molecule has 0 aliphatic carbocycles. The van der Waals surface area contributed by atoms with E-state index >= 15 is 0 Å². The average molecular weight is 672 g/mol. The molecule has 1 aliphatic heterocycles. The SMILES string of the molecule is C=CCc1cc(/C=c2/sc3n(c2=O)[C@H](c2ccc(N(C)C)cc2)C(C(=O)OCC)=C(C)N=3)cc(OCC)c1OCc1ccccc1Cl. The lowest BCUT2D eigenvalue weighted by Crippen LogP contribution is -2.39. The van der Waals surface area contributed by atoms with Crippen LogP contribution in [0.4, 0.5) is 5.69 Å². The zero-order chi connectivity index (χ0) is 33.7. The van der Waals surface area contributed by atoms with Crippen molar-refractivity contribution in [3.63, 3.8) is 0 Å². The topological polar surface area (TPSA) is 82.4 Å². The van der Waals surface area contributed by atoms with Crippen molar-refractivity contribution in [2.45, 2.75) is 39.8 Å². The number of nitrogens with zero attached hydrogens (tertiary/aromatic N) is 3. The number of thiazole rings is 1. The molecule has 0 saturated carbocycles. The minimum absolute atomic E-state index is 0.208. The highest BCUT2D eigenvalue weighted by atomic mass is 35.5. The Balaban J connectivity index is 1.63. The number of rotatable bonds is 12. The Morgan fingerprint density at radius 1 is 1.06 bits per heavy atom. The molecule has 0 N–H and O–H groups in total. The molecule has 1 atom stereocenters. The molecule has 5 rings (SSSR count). The molecule has 47 heavy (non-hydrogen) atoms. The number of aromatic nitrogens is 1. The normalized spacial score (nSPS) is 14.3. The van der Waals surface area contributed by atoms with Gasteiger partial charge in [0.25, 0.3) is 5.56 Å². The van der Waals surface area contributed by atoms with E-state index in [1.54, 1.807) is 24.5 Å². The number of ether oxygens (including phenoxy) is 3. The van der Waals surface area contributed by atoms with E-state index in [0.29, 0.717) is 50.2 Å². The lowest BCUT2D eigenvalue weighted by atomic mass is 9.95. The molecule has 0 amide bonds. The predicted octanol–water partition coefficient (Wildman–Crippen LogP) is 6.22. The maximum absolute atomic E-state index is 14.2. The number of anilines is 1. The quantitative estimate of drug-likeness (QED) is 0.131. The molecule has 0 bridgehead atoms. The second-order valence-electron chi connectivity index (χ2n) is 11.1. The van der Waals surface area contributed by atoms with Crippen molar-refractivity contribution in [3.8, 4) is 11.5 Å². The van der Waals surface area contributed by atoms with Crippen molar-refractivity contribution in [1.29, 1.82) is 0 Å².